The fraction of sp³-hybridized carbons (Fsp3) is 0.400. The number of benzene rings is 1. The molecule has 1 aromatic carbocycles. The van der Waals surface area contributed by atoms with Crippen LogP contribution in [0.4, 0.5) is 5.82 Å². The molecular weight excluding hydrogens is 366 g/mol. The van der Waals surface area contributed by atoms with Gasteiger partial charge in [-0.25, -0.2) is 4.98 Å². The Morgan fingerprint density at radius 1 is 1.15 bits per heavy atom. The Morgan fingerprint density at radius 3 is 2.52 bits per heavy atom. The number of anilines is 1. The first-order chi connectivity index (χ1) is 12.6. The average Bonchev–Trinajstić information content (AvgIpc) is 2.68. The number of rotatable bonds is 7. The second kappa shape index (κ2) is 10.3. The third kappa shape index (κ3) is 5.92. The lowest BCUT2D eigenvalue weighted by atomic mass is 10.1. The number of nitrogens with zero attached hydrogens (tertiary/aromatic N) is 3. The van der Waals surface area contributed by atoms with E-state index in [4.69, 9.17) is 4.74 Å². The molecule has 2 aromatic rings. The van der Waals surface area contributed by atoms with E-state index in [1.54, 1.807) is 18.2 Å². The zero-order valence-electron chi connectivity index (χ0n) is 15.5. The van der Waals surface area contributed by atoms with Gasteiger partial charge in [0.15, 0.2) is 5.78 Å². The lowest BCUT2D eigenvalue weighted by molar-refractivity contribution is 0.0656. The summed E-state index contributed by atoms with van der Waals surface area (Å²) < 4.78 is 5.67. The predicted molar refractivity (Wildman–Crippen MR) is 108 cm³/mol. The molecule has 0 radical (unpaired) electrons. The number of aliphatic hydroxyl groups excluding tert-OH is 1. The van der Waals surface area contributed by atoms with Crippen molar-refractivity contribution in [3.63, 3.8) is 0 Å². The monoisotopic (exact) mass is 391 g/mol. The molecule has 0 saturated carbocycles. The molecule has 0 aliphatic carbocycles. The number of carbonyl (C=O) groups is 1. The molecule has 6 nitrogen and oxygen atoms in total. The number of piperazine rings is 1. The Kier molecular flexibility index (Phi) is 8.03. The highest BCUT2D eigenvalue weighted by atomic mass is 35.5. The van der Waals surface area contributed by atoms with Crippen LogP contribution in [0, 0.1) is 0 Å². The van der Waals surface area contributed by atoms with Crippen molar-refractivity contribution in [2.45, 2.75) is 13.0 Å². The number of aliphatic hydroxyl groups is 1. The number of carbonyl (C=O) groups excluding carboxylic acids is 1. The minimum absolute atomic E-state index is 0. The first-order valence-corrected chi connectivity index (χ1v) is 8.92. The SMILES string of the molecule is CC(=O)c1ccccc1OCC(O)CN1CCN(c2ccccn2)CC1.Cl. The van der Waals surface area contributed by atoms with E-state index in [-0.39, 0.29) is 24.8 Å². The first-order valence-electron chi connectivity index (χ1n) is 8.92. The van der Waals surface area contributed by atoms with E-state index < -0.39 is 6.10 Å². The van der Waals surface area contributed by atoms with Crippen LogP contribution in [0.1, 0.15) is 17.3 Å². The van der Waals surface area contributed by atoms with Crippen molar-refractivity contribution in [3.05, 3.63) is 54.2 Å². The second-order valence-electron chi connectivity index (χ2n) is 6.49. The molecule has 1 N–H and O–H groups in total. The largest absolute Gasteiger partial charge is 0.490 e. The van der Waals surface area contributed by atoms with Gasteiger partial charge >= 0.3 is 0 Å². The first kappa shape index (κ1) is 21.2. The number of pyridine rings is 1. The van der Waals surface area contributed by atoms with Gasteiger partial charge in [0.05, 0.1) is 5.56 Å². The van der Waals surface area contributed by atoms with Crippen molar-refractivity contribution in [1.29, 1.82) is 0 Å². The average molecular weight is 392 g/mol. The van der Waals surface area contributed by atoms with Gasteiger partial charge in [0.2, 0.25) is 0 Å². The molecule has 1 aliphatic rings. The van der Waals surface area contributed by atoms with Crippen LogP contribution in [0.2, 0.25) is 0 Å². The van der Waals surface area contributed by atoms with Crippen LogP contribution in [-0.2, 0) is 0 Å². The van der Waals surface area contributed by atoms with Crippen molar-refractivity contribution in [3.8, 4) is 5.75 Å². The van der Waals surface area contributed by atoms with E-state index in [2.05, 4.69) is 14.8 Å². The molecule has 1 aliphatic heterocycles. The van der Waals surface area contributed by atoms with E-state index in [1.807, 2.05) is 30.5 Å². The number of hydrogen-bond donors (Lipinski definition) is 1. The maximum absolute atomic E-state index is 11.6. The van der Waals surface area contributed by atoms with E-state index in [1.165, 1.54) is 6.92 Å². The fourth-order valence-electron chi connectivity index (χ4n) is 3.12. The molecule has 7 heteroatoms. The topological polar surface area (TPSA) is 65.9 Å². The van der Waals surface area contributed by atoms with Gasteiger partial charge in [-0.2, -0.15) is 0 Å². The number of Topliss-reactive ketones (excluding diaryl/α,β-unsaturated/α-hetero) is 1. The maximum Gasteiger partial charge on any atom is 0.163 e. The quantitative estimate of drug-likeness (QED) is 0.730. The minimum atomic E-state index is -0.601. The Morgan fingerprint density at radius 2 is 1.85 bits per heavy atom. The number of para-hydroxylation sites is 1. The number of hydrogen-bond acceptors (Lipinski definition) is 6. The highest BCUT2D eigenvalue weighted by Crippen LogP contribution is 2.19. The Labute approximate surface area is 166 Å². The smallest absolute Gasteiger partial charge is 0.163 e. The van der Waals surface area contributed by atoms with E-state index >= 15 is 0 Å². The summed E-state index contributed by atoms with van der Waals surface area (Å²) in [6.07, 6.45) is 1.21. The second-order valence-corrected chi connectivity index (χ2v) is 6.49. The molecule has 0 spiro atoms. The van der Waals surface area contributed by atoms with Crippen LogP contribution in [0.25, 0.3) is 0 Å². The van der Waals surface area contributed by atoms with Gasteiger partial charge in [0, 0.05) is 38.9 Å². The van der Waals surface area contributed by atoms with Crippen molar-refractivity contribution in [2.24, 2.45) is 0 Å². The van der Waals surface area contributed by atoms with Crippen molar-refractivity contribution in [1.82, 2.24) is 9.88 Å². The van der Waals surface area contributed by atoms with Crippen LogP contribution in [-0.4, -0.2) is 66.2 Å². The lowest BCUT2D eigenvalue weighted by Gasteiger charge is -2.36. The molecular formula is C20H26ClN3O3. The molecule has 1 atom stereocenters. The number of β-amino-alcohol motifs (C(OH)–C–C–N with tert-alkyl or cyclic N) is 1. The van der Waals surface area contributed by atoms with E-state index in [0.717, 1.165) is 32.0 Å². The molecule has 3 rings (SSSR count). The minimum Gasteiger partial charge on any atom is -0.490 e. The van der Waals surface area contributed by atoms with Gasteiger partial charge in [-0.3, -0.25) is 9.69 Å². The zero-order valence-corrected chi connectivity index (χ0v) is 16.3. The number of aromatic nitrogens is 1. The molecule has 1 unspecified atom stereocenters. The van der Waals surface area contributed by atoms with Crippen LogP contribution >= 0.6 is 12.4 Å². The molecule has 1 saturated heterocycles. The van der Waals surface area contributed by atoms with Gasteiger partial charge in [-0.15, -0.1) is 12.4 Å². The fourth-order valence-corrected chi connectivity index (χ4v) is 3.12. The normalized spacial score (nSPS) is 15.7. The molecule has 146 valence electrons. The van der Waals surface area contributed by atoms with Crippen molar-refractivity contribution < 1.29 is 14.6 Å². The van der Waals surface area contributed by atoms with Gasteiger partial charge < -0.3 is 14.7 Å². The van der Waals surface area contributed by atoms with Crippen LogP contribution < -0.4 is 9.64 Å². The zero-order chi connectivity index (χ0) is 18.4. The van der Waals surface area contributed by atoms with Gasteiger partial charge in [0.25, 0.3) is 0 Å². The summed E-state index contributed by atoms with van der Waals surface area (Å²) >= 11 is 0. The predicted octanol–water partition coefficient (Wildman–Crippen LogP) is 2.27. The standard InChI is InChI=1S/C20H25N3O3.ClH/c1-16(24)18-6-2-3-7-19(18)26-15-17(25)14-22-10-12-23(13-11-22)20-8-4-5-9-21-20;/h2-9,17,25H,10-15H2,1H3;1H. The molecule has 2 heterocycles. The number of ketones is 1. The Bertz CT molecular complexity index is 721. The Balaban J connectivity index is 0.00000261. The van der Waals surface area contributed by atoms with Crippen molar-refractivity contribution >= 4 is 24.0 Å². The molecule has 0 bridgehead atoms. The third-order valence-electron chi connectivity index (χ3n) is 4.51. The molecule has 1 fully saturated rings. The van der Waals surface area contributed by atoms with Gasteiger partial charge in [-0.05, 0) is 31.2 Å². The Hall–Kier alpha value is -2.15. The summed E-state index contributed by atoms with van der Waals surface area (Å²) in [5.41, 5.74) is 0.545. The summed E-state index contributed by atoms with van der Waals surface area (Å²) in [6, 6.07) is 13.1. The highest BCUT2D eigenvalue weighted by Gasteiger charge is 2.20. The number of ether oxygens (including phenoxy) is 1. The van der Waals surface area contributed by atoms with Crippen molar-refractivity contribution in [2.75, 3.05) is 44.2 Å². The lowest BCUT2D eigenvalue weighted by Crippen LogP contribution is -2.49. The summed E-state index contributed by atoms with van der Waals surface area (Å²) in [5.74, 6) is 1.48. The molecule has 1 aromatic heterocycles. The highest BCUT2D eigenvalue weighted by molar-refractivity contribution is 5.96. The van der Waals surface area contributed by atoms with E-state index in [9.17, 15) is 9.90 Å². The summed E-state index contributed by atoms with van der Waals surface area (Å²) in [4.78, 5) is 20.5. The van der Waals surface area contributed by atoms with Crippen LogP contribution in [0.5, 0.6) is 5.75 Å². The molecule has 0 amide bonds. The molecule has 27 heavy (non-hydrogen) atoms. The van der Waals surface area contributed by atoms with Crippen LogP contribution in [0.15, 0.2) is 48.7 Å². The maximum atomic E-state index is 11.6. The third-order valence-corrected chi connectivity index (χ3v) is 4.51. The summed E-state index contributed by atoms with van der Waals surface area (Å²) in [6.45, 7) is 5.76. The van der Waals surface area contributed by atoms with Crippen LogP contribution in [0.3, 0.4) is 0 Å². The number of halogens is 1. The van der Waals surface area contributed by atoms with Gasteiger partial charge in [0.1, 0.15) is 24.3 Å². The summed E-state index contributed by atoms with van der Waals surface area (Å²) in [5, 5.41) is 10.3. The van der Waals surface area contributed by atoms with E-state index in [0.29, 0.717) is 17.9 Å². The van der Waals surface area contributed by atoms with Gasteiger partial charge in [-0.1, -0.05) is 18.2 Å². The summed E-state index contributed by atoms with van der Waals surface area (Å²) in [7, 11) is 0.